The van der Waals surface area contributed by atoms with Gasteiger partial charge in [0.15, 0.2) is 10.3 Å². The number of amides is 1. The Morgan fingerprint density at radius 2 is 1.96 bits per heavy atom. The zero-order valence-electron chi connectivity index (χ0n) is 15.1. The average molecular weight is 390 g/mol. The summed E-state index contributed by atoms with van der Waals surface area (Å²) in [5.41, 5.74) is 3.73. The smallest absolute Gasteiger partial charge is 0.240 e. The molecule has 6 nitrogen and oxygen atoms in total. The molecule has 26 heavy (non-hydrogen) atoms. The molecule has 0 saturated heterocycles. The van der Waals surface area contributed by atoms with Crippen LogP contribution in [0.4, 0.5) is 10.8 Å². The first-order valence-corrected chi connectivity index (χ1v) is 9.21. The Labute approximate surface area is 161 Å². The molecule has 0 aliphatic carbocycles. The van der Waals surface area contributed by atoms with E-state index in [4.69, 9.17) is 11.6 Å². The maximum absolute atomic E-state index is 11.9. The van der Waals surface area contributed by atoms with Gasteiger partial charge in [0.25, 0.3) is 0 Å². The van der Waals surface area contributed by atoms with Crippen molar-refractivity contribution in [1.82, 2.24) is 14.9 Å². The van der Waals surface area contributed by atoms with Crippen LogP contribution in [0.15, 0.2) is 30.5 Å². The van der Waals surface area contributed by atoms with E-state index in [1.54, 1.807) is 6.20 Å². The lowest BCUT2D eigenvalue weighted by molar-refractivity contribution is -0.116. The van der Waals surface area contributed by atoms with Crippen molar-refractivity contribution in [1.29, 1.82) is 0 Å². The summed E-state index contributed by atoms with van der Waals surface area (Å²) in [6.45, 7) is 0.324. The molecule has 2 aromatic heterocycles. The van der Waals surface area contributed by atoms with Crippen molar-refractivity contribution in [2.24, 2.45) is 0 Å². The van der Waals surface area contributed by atoms with Crippen LogP contribution in [-0.4, -0.2) is 55.5 Å². The van der Waals surface area contributed by atoms with Crippen molar-refractivity contribution >= 4 is 49.9 Å². The summed E-state index contributed by atoms with van der Waals surface area (Å²) < 4.78 is 1.00. The number of carbonyl (C=O) groups excluding carboxylic acids is 1. The molecule has 0 spiro atoms. The van der Waals surface area contributed by atoms with Gasteiger partial charge >= 0.3 is 0 Å². The zero-order valence-corrected chi connectivity index (χ0v) is 16.6. The van der Waals surface area contributed by atoms with Crippen molar-refractivity contribution < 1.29 is 4.79 Å². The van der Waals surface area contributed by atoms with Crippen LogP contribution < -0.4 is 10.2 Å². The number of nitrogens with zero attached hydrogens (tertiary/aromatic N) is 4. The van der Waals surface area contributed by atoms with Crippen LogP contribution in [0.5, 0.6) is 0 Å². The molecule has 2 heterocycles. The highest BCUT2D eigenvalue weighted by Gasteiger charge is 2.11. The van der Waals surface area contributed by atoms with Gasteiger partial charge in [-0.15, -0.1) is 0 Å². The summed E-state index contributed by atoms with van der Waals surface area (Å²) in [6.07, 6.45) is 1.76. The fourth-order valence-electron chi connectivity index (χ4n) is 2.51. The number of nitrogens with one attached hydrogen (secondary N) is 1. The Kier molecular flexibility index (Phi) is 5.41. The highest BCUT2D eigenvalue weighted by atomic mass is 35.5. The number of pyridine rings is 1. The number of halogens is 1. The van der Waals surface area contributed by atoms with Crippen molar-refractivity contribution in [2.75, 3.05) is 45.0 Å². The molecule has 0 aliphatic heterocycles. The number of hydrogen-bond donors (Lipinski definition) is 1. The van der Waals surface area contributed by atoms with Gasteiger partial charge in [-0.1, -0.05) is 29.0 Å². The van der Waals surface area contributed by atoms with E-state index in [0.717, 1.165) is 27.0 Å². The summed E-state index contributed by atoms with van der Waals surface area (Å²) in [5.74, 6) is -0.0770. The van der Waals surface area contributed by atoms with Crippen LogP contribution in [0.3, 0.4) is 0 Å². The first-order valence-electron chi connectivity index (χ1n) is 8.02. The maximum atomic E-state index is 11.9. The van der Waals surface area contributed by atoms with Gasteiger partial charge in [0, 0.05) is 25.9 Å². The van der Waals surface area contributed by atoms with E-state index in [2.05, 4.69) is 21.4 Å². The van der Waals surface area contributed by atoms with E-state index in [-0.39, 0.29) is 5.91 Å². The molecule has 0 radical (unpaired) electrons. The molecule has 0 bridgehead atoms. The normalized spacial score (nSPS) is 11.2. The second-order valence-electron chi connectivity index (χ2n) is 6.42. The van der Waals surface area contributed by atoms with Gasteiger partial charge in [0.1, 0.15) is 0 Å². The Balaban J connectivity index is 1.90. The Morgan fingerprint density at radius 3 is 2.65 bits per heavy atom. The minimum atomic E-state index is -0.0770. The first kappa shape index (κ1) is 18.6. The van der Waals surface area contributed by atoms with Crippen LogP contribution in [-0.2, 0) is 4.79 Å². The molecule has 1 amide bonds. The summed E-state index contributed by atoms with van der Waals surface area (Å²) in [7, 11) is 7.57. The van der Waals surface area contributed by atoms with Crippen molar-refractivity contribution in [3.8, 4) is 11.1 Å². The molecule has 136 valence electrons. The number of likely N-dealkylation sites (N-methyl/N-ethyl adjacent to an activating group) is 1. The predicted octanol–water partition coefficient (Wildman–Crippen LogP) is 3.58. The molecular formula is C18H20ClN5OS. The minimum absolute atomic E-state index is 0.0770. The highest BCUT2D eigenvalue weighted by Crippen LogP contribution is 2.33. The second-order valence-corrected chi connectivity index (χ2v) is 7.80. The van der Waals surface area contributed by atoms with E-state index in [1.807, 2.05) is 56.2 Å². The van der Waals surface area contributed by atoms with Gasteiger partial charge < -0.3 is 15.1 Å². The molecule has 0 saturated carbocycles. The number of thiazole rings is 1. The Morgan fingerprint density at radius 1 is 1.19 bits per heavy atom. The molecule has 3 aromatic rings. The van der Waals surface area contributed by atoms with Gasteiger partial charge in [-0.25, -0.2) is 9.97 Å². The molecule has 0 aliphatic rings. The van der Waals surface area contributed by atoms with Crippen LogP contribution in [0.1, 0.15) is 0 Å². The molecular weight excluding hydrogens is 370 g/mol. The fraction of sp³-hybridized carbons (Fsp3) is 0.278. The average Bonchev–Trinajstić information content (AvgIpc) is 2.95. The van der Waals surface area contributed by atoms with Gasteiger partial charge in [-0.2, -0.15) is 0 Å². The van der Waals surface area contributed by atoms with Crippen LogP contribution in [0, 0.1) is 0 Å². The lowest BCUT2D eigenvalue weighted by atomic mass is 10.1. The first-order chi connectivity index (χ1) is 12.3. The van der Waals surface area contributed by atoms with E-state index >= 15 is 0 Å². The maximum Gasteiger partial charge on any atom is 0.240 e. The van der Waals surface area contributed by atoms with Gasteiger partial charge in [0.05, 0.1) is 22.4 Å². The van der Waals surface area contributed by atoms with E-state index in [9.17, 15) is 4.79 Å². The number of carbonyl (C=O) groups is 1. The lowest BCUT2D eigenvalue weighted by Crippen LogP contribution is -2.26. The minimum Gasteiger partial charge on any atom is -0.375 e. The Bertz CT molecular complexity index is 954. The quantitative estimate of drug-likeness (QED) is 0.676. The predicted molar refractivity (Wildman–Crippen MR) is 109 cm³/mol. The molecule has 3 rings (SSSR count). The standard InChI is InChI=1S/C18H20ClN5OS/c1-23(2)10-16(25)22-18-21-13-6-5-11(8-15(13)26-18)12-7-14(24(3)4)17(19)20-9-12/h5-9H,10H2,1-4H3,(H,21,22,25). The van der Waals surface area contributed by atoms with Crippen molar-refractivity contribution in [2.45, 2.75) is 0 Å². The molecule has 0 unspecified atom stereocenters. The van der Waals surface area contributed by atoms with Crippen LogP contribution in [0.25, 0.3) is 21.3 Å². The van der Waals surface area contributed by atoms with E-state index in [1.165, 1.54) is 11.3 Å². The van der Waals surface area contributed by atoms with Gasteiger partial charge in [0.2, 0.25) is 5.91 Å². The molecule has 0 fully saturated rings. The largest absolute Gasteiger partial charge is 0.375 e. The molecule has 1 aromatic carbocycles. The van der Waals surface area contributed by atoms with Gasteiger partial charge in [-0.05, 0) is 37.9 Å². The molecule has 0 atom stereocenters. The molecule has 8 heteroatoms. The van der Waals surface area contributed by atoms with Crippen LogP contribution in [0.2, 0.25) is 5.15 Å². The topological polar surface area (TPSA) is 61.4 Å². The summed E-state index contributed by atoms with van der Waals surface area (Å²) >= 11 is 7.61. The third kappa shape index (κ3) is 4.12. The number of rotatable bonds is 5. The van der Waals surface area contributed by atoms with E-state index in [0.29, 0.717) is 16.8 Å². The summed E-state index contributed by atoms with van der Waals surface area (Å²) in [5, 5.41) is 3.92. The number of fused-ring (bicyclic) bond motifs is 1. The number of aromatic nitrogens is 2. The third-order valence-corrected chi connectivity index (χ3v) is 4.96. The van der Waals surface area contributed by atoms with Crippen molar-refractivity contribution in [3.05, 3.63) is 35.6 Å². The summed E-state index contributed by atoms with van der Waals surface area (Å²) in [4.78, 5) is 24.4. The number of anilines is 2. The van der Waals surface area contributed by atoms with Gasteiger partial charge in [-0.3, -0.25) is 4.79 Å². The number of benzene rings is 1. The zero-order chi connectivity index (χ0) is 18.8. The van der Waals surface area contributed by atoms with Crippen LogP contribution >= 0.6 is 22.9 Å². The third-order valence-electron chi connectivity index (χ3n) is 3.73. The Hall–Kier alpha value is -2.22. The highest BCUT2D eigenvalue weighted by molar-refractivity contribution is 7.22. The van der Waals surface area contributed by atoms with E-state index < -0.39 is 0 Å². The molecule has 1 N–H and O–H groups in total. The fourth-order valence-corrected chi connectivity index (χ4v) is 3.71. The van der Waals surface area contributed by atoms with Crippen molar-refractivity contribution in [3.63, 3.8) is 0 Å². The second kappa shape index (κ2) is 7.57. The monoisotopic (exact) mass is 389 g/mol. The SMILES string of the molecule is CN(C)CC(=O)Nc1nc2ccc(-c3cnc(Cl)c(N(C)C)c3)cc2s1. The lowest BCUT2D eigenvalue weighted by Gasteiger charge is -2.14. The summed E-state index contributed by atoms with van der Waals surface area (Å²) in [6, 6.07) is 8.01. The number of hydrogen-bond acceptors (Lipinski definition) is 6.